The van der Waals surface area contributed by atoms with Gasteiger partial charge in [0.15, 0.2) is 0 Å². The molecule has 4 nitrogen and oxygen atoms in total. The Balaban J connectivity index is 0.00000288. The Kier molecular flexibility index (Phi) is 9.16. The van der Waals surface area contributed by atoms with Crippen LogP contribution < -0.4 is 10.1 Å². The van der Waals surface area contributed by atoms with Gasteiger partial charge in [0.05, 0.1) is 13.0 Å². The molecule has 1 saturated heterocycles. The number of aryl methyl sites for hydroxylation is 1. The molecule has 0 atom stereocenters. The van der Waals surface area contributed by atoms with Crippen LogP contribution in [-0.2, 0) is 4.79 Å². The molecular formula is C19H31ClN2O2. The Morgan fingerprint density at radius 1 is 1.29 bits per heavy atom. The summed E-state index contributed by atoms with van der Waals surface area (Å²) in [6.07, 6.45) is 3.58. The van der Waals surface area contributed by atoms with Crippen LogP contribution in [0.2, 0.25) is 0 Å². The third kappa shape index (κ3) is 5.67. The minimum atomic E-state index is 0. The van der Waals surface area contributed by atoms with Crippen molar-refractivity contribution in [3.05, 3.63) is 29.3 Å². The Morgan fingerprint density at radius 2 is 2.00 bits per heavy atom. The lowest BCUT2D eigenvalue weighted by molar-refractivity contribution is -0.134. The zero-order valence-corrected chi connectivity index (χ0v) is 16.0. The lowest BCUT2D eigenvalue weighted by Gasteiger charge is -2.34. The Morgan fingerprint density at radius 3 is 2.67 bits per heavy atom. The van der Waals surface area contributed by atoms with Gasteiger partial charge < -0.3 is 15.0 Å². The summed E-state index contributed by atoms with van der Waals surface area (Å²) in [6.45, 7) is 9.60. The molecule has 1 aliphatic heterocycles. The second-order valence-corrected chi connectivity index (χ2v) is 6.36. The third-order valence-electron chi connectivity index (χ3n) is 4.66. The second kappa shape index (κ2) is 10.6. The van der Waals surface area contributed by atoms with Crippen LogP contribution in [0, 0.1) is 13.8 Å². The van der Waals surface area contributed by atoms with Crippen LogP contribution >= 0.6 is 12.4 Å². The number of rotatable bonds is 7. The molecule has 0 unspecified atom stereocenters. The molecule has 2 rings (SSSR count). The first-order valence-electron chi connectivity index (χ1n) is 8.82. The van der Waals surface area contributed by atoms with Crippen LogP contribution in [0.15, 0.2) is 18.2 Å². The number of ether oxygens (including phenoxy) is 1. The van der Waals surface area contributed by atoms with E-state index in [2.05, 4.69) is 37.1 Å². The van der Waals surface area contributed by atoms with Gasteiger partial charge in [-0.05, 0) is 63.4 Å². The number of nitrogens with one attached hydrogen (secondary N) is 1. The smallest absolute Gasteiger partial charge is 0.226 e. The molecule has 5 heteroatoms. The first kappa shape index (κ1) is 20.8. The molecule has 0 spiro atoms. The van der Waals surface area contributed by atoms with Crippen molar-refractivity contribution in [2.24, 2.45) is 0 Å². The van der Waals surface area contributed by atoms with E-state index in [1.165, 1.54) is 5.56 Å². The predicted octanol–water partition coefficient (Wildman–Crippen LogP) is 3.48. The van der Waals surface area contributed by atoms with Crippen molar-refractivity contribution in [1.82, 2.24) is 10.2 Å². The molecule has 0 saturated carbocycles. The van der Waals surface area contributed by atoms with E-state index < -0.39 is 0 Å². The topological polar surface area (TPSA) is 41.6 Å². The number of amides is 1. The van der Waals surface area contributed by atoms with E-state index in [4.69, 9.17) is 4.74 Å². The first-order chi connectivity index (χ1) is 11.1. The molecule has 1 N–H and O–H groups in total. The van der Waals surface area contributed by atoms with Gasteiger partial charge >= 0.3 is 0 Å². The quantitative estimate of drug-likeness (QED) is 0.815. The minimum Gasteiger partial charge on any atom is -0.493 e. The maximum atomic E-state index is 12.6. The summed E-state index contributed by atoms with van der Waals surface area (Å²) in [5.41, 5.74) is 2.37. The summed E-state index contributed by atoms with van der Waals surface area (Å²) in [5, 5.41) is 3.36. The van der Waals surface area contributed by atoms with Gasteiger partial charge in [-0.1, -0.05) is 19.1 Å². The fourth-order valence-electron chi connectivity index (χ4n) is 3.14. The average molecular weight is 355 g/mol. The predicted molar refractivity (Wildman–Crippen MR) is 101 cm³/mol. The molecule has 0 radical (unpaired) electrons. The van der Waals surface area contributed by atoms with Gasteiger partial charge in [-0.2, -0.15) is 0 Å². The summed E-state index contributed by atoms with van der Waals surface area (Å²) in [4.78, 5) is 14.7. The van der Waals surface area contributed by atoms with Crippen LogP contribution in [0.3, 0.4) is 0 Å². The van der Waals surface area contributed by atoms with Crippen molar-refractivity contribution in [1.29, 1.82) is 0 Å². The van der Waals surface area contributed by atoms with Gasteiger partial charge in [0, 0.05) is 12.6 Å². The summed E-state index contributed by atoms with van der Waals surface area (Å²) in [6, 6.07) is 6.44. The molecule has 0 bridgehead atoms. The highest BCUT2D eigenvalue weighted by Gasteiger charge is 2.24. The normalized spacial score (nSPS) is 14.8. The zero-order valence-electron chi connectivity index (χ0n) is 15.1. The van der Waals surface area contributed by atoms with E-state index in [9.17, 15) is 4.79 Å². The van der Waals surface area contributed by atoms with Crippen molar-refractivity contribution >= 4 is 18.3 Å². The van der Waals surface area contributed by atoms with Crippen LogP contribution in [0.1, 0.15) is 43.7 Å². The molecule has 136 valence electrons. The summed E-state index contributed by atoms with van der Waals surface area (Å²) >= 11 is 0. The van der Waals surface area contributed by atoms with Gasteiger partial charge in [-0.3, -0.25) is 4.79 Å². The van der Waals surface area contributed by atoms with Gasteiger partial charge in [-0.25, -0.2) is 0 Å². The number of carbonyl (C=O) groups excluding carboxylic acids is 1. The zero-order chi connectivity index (χ0) is 16.7. The van der Waals surface area contributed by atoms with Crippen molar-refractivity contribution in [2.45, 2.75) is 52.5 Å². The van der Waals surface area contributed by atoms with Gasteiger partial charge in [0.25, 0.3) is 0 Å². The number of piperidine rings is 1. The fourth-order valence-corrected chi connectivity index (χ4v) is 3.14. The number of hydrogen-bond acceptors (Lipinski definition) is 3. The van der Waals surface area contributed by atoms with Gasteiger partial charge in [0.1, 0.15) is 5.75 Å². The molecule has 0 aliphatic carbocycles. The van der Waals surface area contributed by atoms with E-state index >= 15 is 0 Å². The number of halogens is 1. The number of hydrogen-bond donors (Lipinski definition) is 1. The van der Waals surface area contributed by atoms with E-state index in [0.29, 0.717) is 19.1 Å². The highest BCUT2D eigenvalue weighted by atomic mass is 35.5. The number of benzene rings is 1. The van der Waals surface area contributed by atoms with Gasteiger partial charge in [-0.15, -0.1) is 12.4 Å². The Bertz CT molecular complexity index is 516. The van der Waals surface area contributed by atoms with Crippen molar-refractivity contribution in [3.8, 4) is 5.75 Å². The second-order valence-electron chi connectivity index (χ2n) is 6.36. The molecule has 1 heterocycles. The van der Waals surface area contributed by atoms with E-state index in [-0.39, 0.29) is 18.3 Å². The maximum Gasteiger partial charge on any atom is 0.226 e. The third-order valence-corrected chi connectivity index (χ3v) is 4.66. The van der Waals surface area contributed by atoms with Crippen molar-refractivity contribution < 1.29 is 9.53 Å². The first-order valence-corrected chi connectivity index (χ1v) is 8.82. The van der Waals surface area contributed by atoms with Crippen LogP contribution in [0.5, 0.6) is 5.75 Å². The molecule has 1 fully saturated rings. The van der Waals surface area contributed by atoms with Crippen molar-refractivity contribution in [2.75, 3.05) is 26.2 Å². The molecule has 1 aromatic rings. The van der Waals surface area contributed by atoms with E-state index in [1.807, 2.05) is 12.1 Å². The monoisotopic (exact) mass is 354 g/mol. The van der Waals surface area contributed by atoms with Crippen LogP contribution in [0.4, 0.5) is 0 Å². The molecule has 1 aliphatic rings. The highest BCUT2D eigenvalue weighted by molar-refractivity contribution is 5.85. The summed E-state index contributed by atoms with van der Waals surface area (Å²) in [7, 11) is 0. The van der Waals surface area contributed by atoms with Crippen molar-refractivity contribution in [3.63, 3.8) is 0 Å². The minimum absolute atomic E-state index is 0. The molecule has 1 amide bonds. The van der Waals surface area contributed by atoms with Crippen LogP contribution in [0.25, 0.3) is 0 Å². The standard InChI is InChI=1S/C19H30N2O2.ClH/c1-4-13-21(17-8-11-20-12-9-17)19(22)10-14-23-18-7-5-6-15(2)16(18)3;/h5-7,17,20H,4,8-14H2,1-3H3;1H. The molecule has 24 heavy (non-hydrogen) atoms. The van der Waals surface area contributed by atoms with Crippen LogP contribution in [-0.4, -0.2) is 43.1 Å². The van der Waals surface area contributed by atoms with E-state index in [1.54, 1.807) is 0 Å². The lowest BCUT2D eigenvalue weighted by Crippen LogP contribution is -2.46. The highest BCUT2D eigenvalue weighted by Crippen LogP contribution is 2.21. The average Bonchev–Trinajstić information content (AvgIpc) is 2.57. The lowest BCUT2D eigenvalue weighted by atomic mass is 10.0. The Labute approximate surface area is 152 Å². The summed E-state index contributed by atoms with van der Waals surface area (Å²) in [5.74, 6) is 1.12. The van der Waals surface area contributed by atoms with Gasteiger partial charge in [0.2, 0.25) is 5.91 Å². The SMILES string of the molecule is CCCN(C(=O)CCOc1cccc(C)c1C)C1CCNCC1.Cl. The molecule has 1 aromatic carbocycles. The molecule has 0 aromatic heterocycles. The summed E-state index contributed by atoms with van der Waals surface area (Å²) < 4.78 is 5.84. The largest absolute Gasteiger partial charge is 0.493 e. The maximum absolute atomic E-state index is 12.6. The number of carbonyl (C=O) groups is 1. The Hall–Kier alpha value is -1.26. The molecular weight excluding hydrogens is 324 g/mol. The number of nitrogens with zero attached hydrogens (tertiary/aromatic N) is 1. The van der Waals surface area contributed by atoms with E-state index in [0.717, 1.165) is 50.2 Å². The fraction of sp³-hybridized carbons (Fsp3) is 0.632.